The Kier molecular flexibility index (Phi) is 114000. The summed E-state index contributed by atoms with van der Waals surface area (Å²) in [4.78, 5) is 9.82. The standard InChI is InChI=1S/C4H8O2.25H2O/c1-3-6-4(2)5;;;;;;;;;;;;;;;;;;;;;;;;;/h3H2,1-2H3;25*1H2. The molecule has 50 N–H and O–H groups in total. The summed E-state index contributed by atoms with van der Waals surface area (Å²) >= 11 is 0. The third-order valence-electron chi connectivity index (χ3n) is 0.348. The molecule has 0 radical (unpaired) electrons. The summed E-state index contributed by atoms with van der Waals surface area (Å²) < 4.78 is 4.40. The van der Waals surface area contributed by atoms with Crippen molar-refractivity contribution in [2.75, 3.05) is 6.61 Å². The first kappa shape index (κ1) is 1980. The quantitative estimate of drug-likeness (QED) is 0.293. The van der Waals surface area contributed by atoms with Gasteiger partial charge < -0.3 is 142 Å². The highest BCUT2D eigenvalue weighted by molar-refractivity contribution is 5.65. The Bertz CT molecular complexity index is 61.2. The molecule has 0 aliphatic heterocycles. The second kappa shape index (κ2) is 1780. The Labute approximate surface area is 174 Å². The van der Waals surface area contributed by atoms with Crippen LogP contribution in [-0.4, -0.2) is 149 Å². The van der Waals surface area contributed by atoms with E-state index in [4.69, 9.17) is 0 Å². The lowest BCUT2D eigenvalue weighted by molar-refractivity contribution is -0.140. The van der Waals surface area contributed by atoms with Gasteiger partial charge in [-0.05, 0) is 6.92 Å². The van der Waals surface area contributed by atoms with Crippen molar-refractivity contribution in [2.45, 2.75) is 13.8 Å². The molecular formula is C4H58O27. The highest BCUT2D eigenvalue weighted by Gasteiger charge is 1.81. The minimum absolute atomic E-state index is 0. The van der Waals surface area contributed by atoms with Crippen LogP contribution in [0.25, 0.3) is 0 Å². The summed E-state index contributed by atoms with van der Waals surface area (Å²) in [5, 5.41) is 0. The molecule has 0 spiro atoms. The summed E-state index contributed by atoms with van der Waals surface area (Å²) in [6, 6.07) is 0. The number of hydrogen-bond acceptors (Lipinski definition) is 2. The SMILES string of the molecule is CCOC(C)=O.O.O.O.O.O.O.O.O.O.O.O.O.O.O.O.O.O.O.O.O.O.O.O.O.O. The molecule has 27 heteroatoms. The summed E-state index contributed by atoms with van der Waals surface area (Å²) in [5.74, 6) is -0.211. The molecule has 0 unspecified atom stereocenters. The molecule has 236 valence electrons. The first-order valence-corrected chi connectivity index (χ1v) is 1.90. The van der Waals surface area contributed by atoms with Crippen molar-refractivity contribution < 1.29 is 146 Å². The van der Waals surface area contributed by atoms with E-state index in [2.05, 4.69) is 4.74 Å². The van der Waals surface area contributed by atoms with Crippen LogP contribution in [0.5, 0.6) is 0 Å². The smallest absolute Gasteiger partial charge is 0.302 e. The van der Waals surface area contributed by atoms with Gasteiger partial charge in [0.1, 0.15) is 0 Å². The summed E-state index contributed by atoms with van der Waals surface area (Å²) in [6.07, 6.45) is 0. The number of ether oxygens (including phenoxy) is 1. The average Bonchev–Trinajstić information content (AvgIpc) is 1.35. The monoisotopic (exact) mass is 538 g/mol. The third kappa shape index (κ3) is 9230. The van der Waals surface area contributed by atoms with Crippen molar-refractivity contribution in [1.82, 2.24) is 0 Å². The van der Waals surface area contributed by atoms with Crippen molar-refractivity contribution in [3.05, 3.63) is 0 Å². The molecular weight excluding hydrogens is 480 g/mol. The molecule has 0 rings (SSSR count). The Morgan fingerprint density at radius 1 is 0.387 bits per heavy atom. The van der Waals surface area contributed by atoms with Crippen LogP contribution in [0.3, 0.4) is 0 Å². The van der Waals surface area contributed by atoms with E-state index in [1.807, 2.05) is 0 Å². The molecule has 0 aromatic rings. The van der Waals surface area contributed by atoms with E-state index in [0.29, 0.717) is 6.61 Å². The van der Waals surface area contributed by atoms with Gasteiger partial charge in [-0.25, -0.2) is 0 Å². The van der Waals surface area contributed by atoms with E-state index in [0.717, 1.165) is 0 Å². The third-order valence-corrected chi connectivity index (χ3v) is 0.348. The Hall–Kier alpha value is -1.53. The molecule has 0 aromatic heterocycles. The van der Waals surface area contributed by atoms with Crippen LogP contribution in [0.4, 0.5) is 0 Å². The number of esters is 1. The largest absolute Gasteiger partial charge is 0.466 e. The van der Waals surface area contributed by atoms with Crippen LogP contribution in [0.15, 0.2) is 0 Å². The van der Waals surface area contributed by atoms with Gasteiger partial charge in [0.05, 0.1) is 6.61 Å². The molecule has 27 nitrogen and oxygen atoms in total. The summed E-state index contributed by atoms with van der Waals surface area (Å²) in [7, 11) is 0. The van der Waals surface area contributed by atoms with Gasteiger partial charge in [-0.1, -0.05) is 0 Å². The van der Waals surface area contributed by atoms with E-state index in [1.54, 1.807) is 6.92 Å². The van der Waals surface area contributed by atoms with Gasteiger partial charge in [-0.3, -0.25) is 4.79 Å². The first-order chi connectivity index (χ1) is 2.77. The molecule has 0 saturated heterocycles. The zero-order valence-corrected chi connectivity index (χ0v) is 16.5. The van der Waals surface area contributed by atoms with E-state index >= 15 is 0 Å². The van der Waals surface area contributed by atoms with Crippen LogP contribution in [0.2, 0.25) is 0 Å². The van der Waals surface area contributed by atoms with Gasteiger partial charge in [0, 0.05) is 6.92 Å². The van der Waals surface area contributed by atoms with Gasteiger partial charge in [-0.15, -0.1) is 0 Å². The number of carbonyl (C=O) groups excluding carboxylic acids is 1. The van der Waals surface area contributed by atoms with E-state index in [-0.39, 0.29) is 143 Å². The highest BCUT2D eigenvalue weighted by Crippen LogP contribution is 1.69. The van der Waals surface area contributed by atoms with Crippen molar-refractivity contribution in [2.24, 2.45) is 0 Å². The zero-order valence-electron chi connectivity index (χ0n) is 16.5. The first-order valence-electron chi connectivity index (χ1n) is 1.90. The molecule has 0 heterocycles. The Balaban J connectivity index is -0.000000000417. The maximum Gasteiger partial charge on any atom is 0.302 e. The van der Waals surface area contributed by atoms with E-state index < -0.39 is 0 Å². The fraction of sp³-hybridized carbons (Fsp3) is 0.750. The van der Waals surface area contributed by atoms with Gasteiger partial charge in [-0.2, -0.15) is 0 Å². The summed E-state index contributed by atoms with van der Waals surface area (Å²) in [5.41, 5.74) is 0. The lowest BCUT2D eigenvalue weighted by atomic mass is 10.8. The predicted molar refractivity (Wildman–Crippen MR) is 113 cm³/mol. The second-order valence-corrected chi connectivity index (χ2v) is 0.925. The van der Waals surface area contributed by atoms with Crippen molar-refractivity contribution in [3.63, 3.8) is 0 Å². The maximum atomic E-state index is 9.82. The van der Waals surface area contributed by atoms with E-state index in [9.17, 15) is 4.79 Å². The number of carbonyl (C=O) groups is 1. The average molecular weight is 538 g/mol. The molecule has 0 saturated carbocycles. The topological polar surface area (TPSA) is 814 Å². The lowest BCUT2D eigenvalue weighted by Crippen LogP contribution is -1.95. The molecule has 0 fully saturated rings. The Morgan fingerprint density at radius 3 is 0.484 bits per heavy atom. The van der Waals surface area contributed by atoms with Crippen LogP contribution in [0.1, 0.15) is 13.8 Å². The minimum Gasteiger partial charge on any atom is -0.466 e. The van der Waals surface area contributed by atoms with Gasteiger partial charge >= 0.3 is 5.97 Å². The maximum absolute atomic E-state index is 9.82. The molecule has 0 atom stereocenters. The Morgan fingerprint density at radius 2 is 0.484 bits per heavy atom. The summed E-state index contributed by atoms with van der Waals surface area (Å²) in [6.45, 7) is 3.65. The van der Waals surface area contributed by atoms with Crippen LogP contribution in [-0.2, 0) is 9.53 Å². The molecule has 0 aliphatic rings. The molecule has 0 aliphatic carbocycles. The van der Waals surface area contributed by atoms with Crippen LogP contribution < -0.4 is 0 Å². The highest BCUT2D eigenvalue weighted by atomic mass is 16.5. The molecule has 31 heavy (non-hydrogen) atoms. The number of hydrogen-bond donors (Lipinski definition) is 0. The fourth-order valence-electron chi connectivity index (χ4n) is 0.203. The normalized spacial score (nSPS) is 1.48. The van der Waals surface area contributed by atoms with Crippen LogP contribution >= 0.6 is 0 Å². The molecule has 0 aromatic carbocycles. The minimum atomic E-state index is -0.211. The zero-order chi connectivity index (χ0) is 4.99. The molecule has 0 bridgehead atoms. The van der Waals surface area contributed by atoms with Crippen molar-refractivity contribution >= 4 is 5.97 Å². The van der Waals surface area contributed by atoms with Gasteiger partial charge in [0.25, 0.3) is 0 Å². The fourth-order valence-corrected chi connectivity index (χ4v) is 0.203. The van der Waals surface area contributed by atoms with E-state index in [1.165, 1.54) is 6.92 Å². The van der Waals surface area contributed by atoms with Crippen molar-refractivity contribution in [1.29, 1.82) is 0 Å². The van der Waals surface area contributed by atoms with Gasteiger partial charge in [0.15, 0.2) is 0 Å². The lowest BCUT2D eigenvalue weighted by Gasteiger charge is -1.89. The van der Waals surface area contributed by atoms with Gasteiger partial charge in [0.2, 0.25) is 0 Å². The predicted octanol–water partition coefficient (Wildman–Crippen LogP) is -20.0. The molecule has 0 amide bonds. The number of rotatable bonds is 1. The van der Waals surface area contributed by atoms with Crippen LogP contribution in [0, 0.1) is 0 Å². The second-order valence-electron chi connectivity index (χ2n) is 0.925. The van der Waals surface area contributed by atoms with Crippen molar-refractivity contribution in [3.8, 4) is 0 Å².